The average Bonchev–Trinajstić information content (AvgIpc) is 2.59. The predicted octanol–water partition coefficient (Wildman–Crippen LogP) is 2.86. The van der Waals surface area contributed by atoms with E-state index < -0.39 is 5.97 Å². The van der Waals surface area contributed by atoms with Gasteiger partial charge in [0.1, 0.15) is 5.69 Å². The van der Waals surface area contributed by atoms with E-state index >= 15 is 0 Å². The molecule has 0 radical (unpaired) electrons. The third kappa shape index (κ3) is 3.76. The van der Waals surface area contributed by atoms with Crippen molar-refractivity contribution >= 4 is 17.0 Å². The minimum absolute atomic E-state index is 0.120. The van der Waals surface area contributed by atoms with Crippen LogP contribution in [0.25, 0.3) is 11.0 Å². The van der Waals surface area contributed by atoms with Crippen LogP contribution in [0.2, 0.25) is 0 Å². The molecule has 0 unspecified atom stereocenters. The number of nitrogens with zero attached hydrogens (tertiary/aromatic N) is 2. The fraction of sp³-hybridized carbons (Fsp3) is 0.250. The van der Waals surface area contributed by atoms with Crippen LogP contribution in [0.15, 0.2) is 53.3 Å². The molecule has 0 saturated carbocycles. The summed E-state index contributed by atoms with van der Waals surface area (Å²) in [5.74, 6) is -0.440. The number of aryl methyl sites for hydroxylation is 1. The van der Waals surface area contributed by atoms with E-state index in [0.717, 1.165) is 16.6 Å². The first-order valence-corrected chi connectivity index (χ1v) is 8.28. The molecule has 0 aliphatic carbocycles. The predicted molar refractivity (Wildman–Crippen MR) is 96.6 cm³/mol. The van der Waals surface area contributed by atoms with Gasteiger partial charge in [0.05, 0.1) is 30.6 Å². The zero-order valence-corrected chi connectivity index (χ0v) is 14.4. The van der Waals surface area contributed by atoms with Gasteiger partial charge in [0.2, 0.25) is 0 Å². The zero-order chi connectivity index (χ0) is 17.8. The van der Waals surface area contributed by atoms with Crippen molar-refractivity contribution in [3.63, 3.8) is 0 Å². The Balaban J connectivity index is 2.10. The van der Waals surface area contributed by atoms with E-state index in [9.17, 15) is 9.59 Å². The van der Waals surface area contributed by atoms with Crippen LogP contribution in [0.1, 0.15) is 23.7 Å². The lowest BCUT2D eigenvalue weighted by molar-refractivity contribution is -0.142. The zero-order valence-electron chi connectivity index (χ0n) is 14.4. The van der Waals surface area contributed by atoms with Crippen LogP contribution in [-0.4, -0.2) is 22.1 Å². The number of carbonyl (C=O) groups excluding carboxylic acids is 1. The van der Waals surface area contributed by atoms with Gasteiger partial charge >= 0.3 is 5.97 Å². The van der Waals surface area contributed by atoms with E-state index in [0.29, 0.717) is 12.1 Å². The van der Waals surface area contributed by atoms with Crippen LogP contribution >= 0.6 is 0 Å². The maximum atomic E-state index is 12.9. The fourth-order valence-corrected chi connectivity index (χ4v) is 2.86. The van der Waals surface area contributed by atoms with E-state index in [-0.39, 0.29) is 24.3 Å². The van der Waals surface area contributed by atoms with Crippen LogP contribution < -0.4 is 5.56 Å². The number of fused-ring (bicyclic) bond motifs is 1. The second kappa shape index (κ2) is 7.30. The van der Waals surface area contributed by atoms with Crippen LogP contribution in [0.3, 0.4) is 0 Å². The number of carbonyl (C=O) groups is 1. The maximum Gasteiger partial charge on any atom is 0.312 e. The van der Waals surface area contributed by atoms with Crippen molar-refractivity contribution in [1.82, 2.24) is 9.55 Å². The van der Waals surface area contributed by atoms with Crippen molar-refractivity contribution in [1.29, 1.82) is 0 Å². The van der Waals surface area contributed by atoms with E-state index in [2.05, 4.69) is 4.98 Å². The third-order valence-electron chi connectivity index (χ3n) is 3.96. The van der Waals surface area contributed by atoms with E-state index in [1.807, 2.05) is 55.5 Å². The molecule has 1 heterocycles. The van der Waals surface area contributed by atoms with E-state index in [1.165, 1.54) is 0 Å². The van der Waals surface area contributed by atoms with Crippen molar-refractivity contribution in [3.8, 4) is 0 Å². The minimum atomic E-state index is -0.440. The largest absolute Gasteiger partial charge is 0.466 e. The summed E-state index contributed by atoms with van der Waals surface area (Å²) in [6.45, 7) is 4.47. The second-order valence-electron chi connectivity index (χ2n) is 5.91. The van der Waals surface area contributed by atoms with Gasteiger partial charge in [-0.25, -0.2) is 4.98 Å². The number of esters is 1. The number of hydrogen-bond acceptors (Lipinski definition) is 4. The van der Waals surface area contributed by atoms with Crippen molar-refractivity contribution < 1.29 is 9.53 Å². The molecule has 0 aliphatic rings. The van der Waals surface area contributed by atoms with Crippen molar-refractivity contribution in [2.75, 3.05) is 6.61 Å². The SMILES string of the molecule is CCOC(=O)Cc1nc2ccccc2n(Cc2cccc(C)c2)c1=O. The van der Waals surface area contributed by atoms with Gasteiger partial charge in [-0.15, -0.1) is 0 Å². The molecular weight excluding hydrogens is 316 g/mol. The quantitative estimate of drug-likeness (QED) is 0.672. The summed E-state index contributed by atoms with van der Waals surface area (Å²) >= 11 is 0. The molecule has 5 nitrogen and oxygen atoms in total. The molecule has 0 N–H and O–H groups in total. The molecule has 1 aromatic heterocycles. The highest BCUT2D eigenvalue weighted by atomic mass is 16.5. The summed E-state index contributed by atoms with van der Waals surface area (Å²) in [6.07, 6.45) is -0.120. The molecule has 0 saturated heterocycles. The summed E-state index contributed by atoms with van der Waals surface area (Å²) in [5, 5.41) is 0. The Hall–Kier alpha value is -2.95. The Morgan fingerprint density at radius 1 is 1.16 bits per heavy atom. The monoisotopic (exact) mass is 336 g/mol. The first-order chi connectivity index (χ1) is 12.1. The van der Waals surface area contributed by atoms with Gasteiger partial charge in [0, 0.05) is 0 Å². The highest BCUT2D eigenvalue weighted by Crippen LogP contribution is 2.13. The Morgan fingerprint density at radius 3 is 2.72 bits per heavy atom. The van der Waals surface area contributed by atoms with Crippen LogP contribution in [-0.2, 0) is 22.5 Å². The number of hydrogen-bond donors (Lipinski definition) is 0. The summed E-state index contributed by atoms with van der Waals surface area (Å²) in [5.41, 5.74) is 3.56. The van der Waals surface area contributed by atoms with Crippen LogP contribution in [0.5, 0.6) is 0 Å². The molecule has 0 fully saturated rings. The molecular formula is C20H20N2O3. The molecule has 5 heteroatoms. The van der Waals surface area contributed by atoms with Gasteiger partial charge in [-0.3, -0.25) is 9.59 Å². The van der Waals surface area contributed by atoms with Gasteiger partial charge in [-0.05, 0) is 31.5 Å². The fourth-order valence-electron chi connectivity index (χ4n) is 2.86. The van der Waals surface area contributed by atoms with Gasteiger partial charge in [-0.2, -0.15) is 0 Å². The van der Waals surface area contributed by atoms with Gasteiger partial charge in [0.25, 0.3) is 5.56 Å². The first kappa shape index (κ1) is 16.9. The van der Waals surface area contributed by atoms with Crippen LogP contribution in [0, 0.1) is 6.92 Å². The summed E-state index contributed by atoms with van der Waals surface area (Å²) in [4.78, 5) is 29.1. The second-order valence-corrected chi connectivity index (χ2v) is 5.91. The summed E-state index contributed by atoms with van der Waals surface area (Å²) < 4.78 is 6.63. The molecule has 25 heavy (non-hydrogen) atoms. The maximum absolute atomic E-state index is 12.9. The van der Waals surface area contributed by atoms with E-state index in [4.69, 9.17) is 4.74 Å². The standard InChI is InChI=1S/C20H20N2O3/c1-3-25-19(23)12-17-20(24)22(13-15-8-6-7-14(2)11-15)18-10-5-4-9-16(18)21-17/h4-11H,3,12-13H2,1-2H3. The average molecular weight is 336 g/mol. The first-order valence-electron chi connectivity index (χ1n) is 8.28. The molecule has 3 aromatic rings. The highest BCUT2D eigenvalue weighted by Gasteiger charge is 2.15. The lowest BCUT2D eigenvalue weighted by Crippen LogP contribution is -2.28. The molecule has 2 aromatic carbocycles. The van der Waals surface area contributed by atoms with Crippen molar-refractivity contribution in [2.45, 2.75) is 26.8 Å². The summed E-state index contributed by atoms with van der Waals surface area (Å²) in [7, 11) is 0. The van der Waals surface area contributed by atoms with Crippen LogP contribution in [0.4, 0.5) is 0 Å². The molecule has 0 amide bonds. The Labute approximate surface area is 145 Å². The van der Waals surface area contributed by atoms with Gasteiger partial charge in [0.15, 0.2) is 0 Å². The third-order valence-corrected chi connectivity index (χ3v) is 3.96. The Bertz CT molecular complexity index is 976. The topological polar surface area (TPSA) is 61.2 Å². The number of ether oxygens (including phenoxy) is 1. The van der Waals surface area contributed by atoms with Crippen molar-refractivity contribution in [3.05, 3.63) is 75.7 Å². The number of para-hydroxylation sites is 2. The normalized spacial score (nSPS) is 10.8. The number of benzene rings is 2. The Morgan fingerprint density at radius 2 is 1.96 bits per heavy atom. The lowest BCUT2D eigenvalue weighted by atomic mass is 10.1. The molecule has 0 aliphatic heterocycles. The number of aromatic nitrogens is 2. The smallest absolute Gasteiger partial charge is 0.312 e. The molecule has 0 atom stereocenters. The number of rotatable bonds is 5. The molecule has 0 bridgehead atoms. The van der Waals surface area contributed by atoms with Crippen molar-refractivity contribution in [2.24, 2.45) is 0 Å². The lowest BCUT2D eigenvalue weighted by Gasteiger charge is -2.12. The van der Waals surface area contributed by atoms with E-state index in [1.54, 1.807) is 11.5 Å². The molecule has 3 rings (SSSR count). The highest BCUT2D eigenvalue weighted by molar-refractivity contribution is 5.76. The molecule has 128 valence electrons. The Kier molecular flexibility index (Phi) is 4.93. The van der Waals surface area contributed by atoms with Gasteiger partial charge < -0.3 is 9.30 Å². The summed E-state index contributed by atoms with van der Waals surface area (Å²) in [6, 6.07) is 15.5. The molecule has 0 spiro atoms. The minimum Gasteiger partial charge on any atom is -0.466 e. The van der Waals surface area contributed by atoms with Gasteiger partial charge in [-0.1, -0.05) is 42.0 Å².